The molecule has 1 amide bonds. The molecule has 0 spiro atoms. The molecule has 2 nitrogen and oxygen atoms in total. The van der Waals surface area contributed by atoms with Crippen molar-refractivity contribution < 1.29 is 18.0 Å². The number of unbranched alkanes of at least 4 members (excludes halogenated alkanes) is 1. The van der Waals surface area contributed by atoms with Crippen molar-refractivity contribution in [2.24, 2.45) is 0 Å². The molecule has 0 aliphatic rings. The van der Waals surface area contributed by atoms with Gasteiger partial charge in [-0.05, 0) is 25.5 Å². The molecule has 18 heavy (non-hydrogen) atoms. The summed E-state index contributed by atoms with van der Waals surface area (Å²) in [5.74, 6) is -0.529. The van der Waals surface area contributed by atoms with Gasteiger partial charge in [-0.3, -0.25) is 4.79 Å². The summed E-state index contributed by atoms with van der Waals surface area (Å²) in [6.45, 7) is 2.67. The molecule has 1 aromatic heterocycles. The third-order valence-corrected chi connectivity index (χ3v) is 3.38. The van der Waals surface area contributed by atoms with E-state index in [1.165, 1.54) is 11.3 Å². The second kappa shape index (κ2) is 6.22. The maximum absolute atomic E-state index is 12.4. The number of hydrogen-bond acceptors (Lipinski definition) is 2. The second-order valence-electron chi connectivity index (χ2n) is 4.11. The highest BCUT2D eigenvalue weighted by molar-refractivity contribution is 7.13. The summed E-state index contributed by atoms with van der Waals surface area (Å²) in [7, 11) is 0. The molecule has 0 N–H and O–H groups in total. The zero-order valence-electron chi connectivity index (χ0n) is 10.4. The van der Waals surface area contributed by atoms with Crippen molar-refractivity contribution >= 4 is 17.2 Å². The van der Waals surface area contributed by atoms with Crippen molar-refractivity contribution in [2.75, 3.05) is 13.1 Å². The van der Waals surface area contributed by atoms with Crippen LogP contribution in [0, 0.1) is 6.92 Å². The first-order chi connectivity index (χ1) is 8.33. The van der Waals surface area contributed by atoms with Crippen LogP contribution in [0.4, 0.5) is 13.2 Å². The van der Waals surface area contributed by atoms with E-state index in [0.29, 0.717) is 11.3 Å². The zero-order chi connectivity index (χ0) is 13.8. The third-order valence-electron chi connectivity index (χ3n) is 2.39. The number of alkyl halides is 3. The van der Waals surface area contributed by atoms with Gasteiger partial charge in [0.15, 0.2) is 0 Å². The maximum Gasteiger partial charge on any atom is 0.406 e. The number of aryl methyl sites for hydroxylation is 1. The molecule has 0 aromatic carbocycles. The van der Waals surface area contributed by atoms with E-state index in [-0.39, 0.29) is 6.54 Å². The van der Waals surface area contributed by atoms with Crippen molar-refractivity contribution in [3.05, 3.63) is 21.9 Å². The second-order valence-corrected chi connectivity index (χ2v) is 5.39. The van der Waals surface area contributed by atoms with Gasteiger partial charge in [0.1, 0.15) is 6.54 Å². The van der Waals surface area contributed by atoms with Gasteiger partial charge >= 0.3 is 6.18 Å². The summed E-state index contributed by atoms with van der Waals surface area (Å²) in [5, 5.41) is 0. The standard InChI is InChI=1S/C12H16F3NOS/c1-3-4-7-16(8-12(13,14)15)11(17)10-6-5-9(2)18-10/h5-6H,3-4,7-8H2,1-2H3. The van der Waals surface area contributed by atoms with Crippen molar-refractivity contribution in [3.8, 4) is 0 Å². The Morgan fingerprint density at radius 3 is 2.50 bits per heavy atom. The highest BCUT2D eigenvalue weighted by Gasteiger charge is 2.33. The number of thiophene rings is 1. The molecule has 1 heterocycles. The summed E-state index contributed by atoms with van der Waals surface area (Å²) in [6.07, 6.45) is -3.02. The molecule has 0 fully saturated rings. The minimum atomic E-state index is -4.35. The van der Waals surface area contributed by atoms with E-state index in [2.05, 4.69) is 0 Å². The van der Waals surface area contributed by atoms with Gasteiger partial charge in [0.05, 0.1) is 4.88 Å². The lowest BCUT2D eigenvalue weighted by atomic mass is 10.3. The molecule has 0 bridgehead atoms. The fourth-order valence-electron chi connectivity index (χ4n) is 1.52. The van der Waals surface area contributed by atoms with Crippen LogP contribution in [0.3, 0.4) is 0 Å². The lowest BCUT2D eigenvalue weighted by Crippen LogP contribution is -2.39. The number of hydrogen-bond donors (Lipinski definition) is 0. The third kappa shape index (κ3) is 4.68. The Labute approximate surface area is 108 Å². The number of carbonyl (C=O) groups excluding carboxylic acids is 1. The Bertz CT molecular complexity index is 400. The molecule has 0 aliphatic heterocycles. The maximum atomic E-state index is 12.4. The Balaban J connectivity index is 2.78. The van der Waals surface area contributed by atoms with E-state index >= 15 is 0 Å². The zero-order valence-corrected chi connectivity index (χ0v) is 11.2. The Morgan fingerprint density at radius 2 is 2.06 bits per heavy atom. The quantitative estimate of drug-likeness (QED) is 0.801. The van der Waals surface area contributed by atoms with Gasteiger partial charge in [-0.25, -0.2) is 0 Å². The van der Waals surface area contributed by atoms with Gasteiger partial charge in [-0.1, -0.05) is 13.3 Å². The van der Waals surface area contributed by atoms with E-state index < -0.39 is 18.6 Å². The van der Waals surface area contributed by atoms with E-state index in [0.717, 1.165) is 16.2 Å². The van der Waals surface area contributed by atoms with Crippen LogP contribution in [-0.2, 0) is 0 Å². The molecule has 0 aliphatic carbocycles. The van der Waals surface area contributed by atoms with Crippen LogP contribution < -0.4 is 0 Å². The van der Waals surface area contributed by atoms with E-state index in [9.17, 15) is 18.0 Å². The van der Waals surface area contributed by atoms with Gasteiger partial charge in [0, 0.05) is 11.4 Å². The number of amides is 1. The first-order valence-corrected chi connectivity index (χ1v) is 6.57. The first kappa shape index (κ1) is 15.0. The molecule has 0 saturated carbocycles. The Morgan fingerprint density at radius 1 is 1.39 bits per heavy atom. The van der Waals surface area contributed by atoms with E-state index in [1.807, 2.05) is 13.8 Å². The molecule has 102 valence electrons. The number of nitrogens with zero attached hydrogens (tertiary/aromatic N) is 1. The van der Waals surface area contributed by atoms with Gasteiger partial charge in [0.2, 0.25) is 0 Å². The van der Waals surface area contributed by atoms with Crippen molar-refractivity contribution in [3.63, 3.8) is 0 Å². The molecule has 0 saturated heterocycles. The fraction of sp³-hybridized carbons (Fsp3) is 0.583. The Hall–Kier alpha value is -1.04. The molecular formula is C12H16F3NOS. The minimum Gasteiger partial charge on any atom is -0.329 e. The van der Waals surface area contributed by atoms with Gasteiger partial charge < -0.3 is 4.90 Å². The molecule has 1 aromatic rings. The molecule has 1 rings (SSSR count). The largest absolute Gasteiger partial charge is 0.406 e. The number of rotatable bonds is 5. The predicted molar refractivity (Wildman–Crippen MR) is 65.9 cm³/mol. The molecular weight excluding hydrogens is 263 g/mol. The van der Waals surface area contributed by atoms with Crippen LogP contribution in [-0.4, -0.2) is 30.1 Å². The monoisotopic (exact) mass is 279 g/mol. The summed E-state index contributed by atoms with van der Waals surface area (Å²) in [6, 6.07) is 3.32. The molecule has 0 atom stereocenters. The summed E-state index contributed by atoms with van der Waals surface area (Å²) in [5.41, 5.74) is 0. The minimum absolute atomic E-state index is 0.145. The lowest BCUT2D eigenvalue weighted by Gasteiger charge is -2.23. The summed E-state index contributed by atoms with van der Waals surface area (Å²) >= 11 is 1.23. The summed E-state index contributed by atoms with van der Waals surface area (Å²) in [4.78, 5) is 14.1. The molecule has 6 heteroatoms. The molecule has 0 unspecified atom stereocenters. The lowest BCUT2D eigenvalue weighted by molar-refractivity contribution is -0.140. The van der Waals surface area contributed by atoms with Crippen LogP contribution in [0.2, 0.25) is 0 Å². The summed E-state index contributed by atoms with van der Waals surface area (Å²) < 4.78 is 37.3. The highest BCUT2D eigenvalue weighted by Crippen LogP contribution is 2.21. The van der Waals surface area contributed by atoms with Crippen LogP contribution >= 0.6 is 11.3 Å². The number of halogens is 3. The fourth-order valence-corrected chi connectivity index (χ4v) is 2.36. The number of carbonyl (C=O) groups is 1. The van der Waals surface area contributed by atoms with Crippen molar-refractivity contribution in [2.45, 2.75) is 32.9 Å². The van der Waals surface area contributed by atoms with Gasteiger partial charge in [-0.2, -0.15) is 13.2 Å². The predicted octanol–water partition coefficient (Wildman–Crippen LogP) is 3.86. The molecule has 0 radical (unpaired) electrons. The smallest absolute Gasteiger partial charge is 0.329 e. The first-order valence-electron chi connectivity index (χ1n) is 5.76. The van der Waals surface area contributed by atoms with Crippen LogP contribution in [0.1, 0.15) is 34.3 Å². The normalized spacial score (nSPS) is 11.6. The average Bonchev–Trinajstić information content (AvgIpc) is 2.68. The van der Waals surface area contributed by atoms with E-state index in [1.54, 1.807) is 12.1 Å². The highest BCUT2D eigenvalue weighted by atomic mass is 32.1. The van der Waals surface area contributed by atoms with Crippen molar-refractivity contribution in [1.82, 2.24) is 4.90 Å². The van der Waals surface area contributed by atoms with Crippen LogP contribution in [0.15, 0.2) is 12.1 Å². The Kier molecular flexibility index (Phi) is 5.19. The van der Waals surface area contributed by atoms with Gasteiger partial charge in [0.25, 0.3) is 5.91 Å². The van der Waals surface area contributed by atoms with Gasteiger partial charge in [-0.15, -0.1) is 11.3 Å². The van der Waals surface area contributed by atoms with Crippen molar-refractivity contribution in [1.29, 1.82) is 0 Å². The topological polar surface area (TPSA) is 20.3 Å². The van der Waals surface area contributed by atoms with E-state index in [4.69, 9.17) is 0 Å². The SMILES string of the molecule is CCCCN(CC(F)(F)F)C(=O)c1ccc(C)s1. The average molecular weight is 279 g/mol. The van der Waals surface area contributed by atoms with Crippen LogP contribution in [0.5, 0.6) is 0 Å². The van der Waals surface area contributed by atoms with Crippen LogP contribution in [0.25, 0.3) is 0 Å².